The Hall–Kier alpha value is -1.13. The Morgan fingerprint density at radius 2 is 2.26 bits per heavy atom. The molecule has 1 aromatic rings. The van der Waals surface area contributed by atoms with E-state index in [-0.39, 0.29) is 17.8 Å². The van der Waals surface area contributed by atoms with Crippen molar-refractivity contribution >= 4 is 0 Å². The number of phenols is 1. The van der Waals surface area contributed by atoms with E-state index in [9.17, 15) is 9.50 Å². The highest BCUT2D eigenvalue weighted by Crippen LogP contribution is 2.32. The molecule has 0 bridgehead atoms. The number of hydrogen-bond donors (Lipinski definition) is 2. The van der Waals surface area contributed by atoms with Crippen molar-refractivity contribution in [1.29, 1.82) is 0 Å². The molecule has 0 spiro atoms. The van der Waals surface area contributed by atoms with Gasteiger partial charge in [0.2, 0.25) is 0 Å². The Labute approximate surface area is 114 Å². The molecule has 0 saturated carbocycles. The van der Waals surface area contributed by atoms with Crippen LogP contribution in [0.25, 0.3) is 0 Å². The first kappa shape index (κ1) is 14.3. The van der Waals surface area contributed by atoms with E-state index in [0.29, 0.717) is 5.92 Å². The quantitative estimate of drug-likeness (QED) is 0.884. The van der Waals surface area contributed by atoms with Gasteiger partial charge in [-0.15, -0.1) is 0 Å². The van der Waals surface area contributed by atoms with Gasteiger partial charge in [0.05, 0.1) is 0 Å². The molecule has 3 N–H and O–H groups in total. The van der Waals surface area contributed by atoms with Gasteiger partial charge in [-0.2, -0.15) is 0 Å². The smallest absolute Gasteiger partial charge is 0.126 e. The molecule has 19 heavy (non-hydrogen) atoms. The zero-order valence-electron chi connectivity index (χ0n) is 11.6. The number of nitrogens with zero attached hydrogens (tertiary/aromatic N) is 1. The third-order valence-corrected chi connectivity index (χ3v) is 4.34. The van der Waals surface area contributed by atoms with Crippen LogP contribution in [0.3, 0.4) is 0 Å². The molecule has 1 aromatic carbocycles. The number of hydrogen-bond acceptors (Lipinski definition) is 3. The number of phenolic OH excluding ortho intramolecular Hbond substituents is 1. The first-order valence-electron chi connectivity index (χ1n) is 7.01. The van der Waals surface area contributed by atoms with Gasteiger partial charge < -0.3 is 10.8 Å². The highest BCUT2D eigenvalue weighted by atomic mass is 19.1. The Morgan fingerprint density at radius 1 is 1.53 bits per heavy atom. The molecule has 0 aliphatic carbocycles. The number of likely N-dealkylation sites (tertiary alicyclic amines) is 1. The Balaban J connectivity index is 2.13. The maximum absolute atomic E-state index is 13.0. The van der Waals surface area contributed by atoms with Crippen LogP contribution in [-0.2, 0) is 0 Å². The van der Waals surface area contributed by atoms with Crippen LogP contribution in [0.5, 0.6) is 5.75 Å². The molecular weight excluding hydrogens is 243 g/mol. The van der Waals surface area contributed by atoms with Gasteiger partial charge in [0.25, 0.3) is 0 Å². The highest BCUT2D eigenvalue weighted by Gasteiger charge is 2.29. The van der Waals surface area contributed by atoms with Crippen molar-refractivity contribution in [2.75, 3.05) is 13.1 Å². The second kappa shape index (κ2) is 5.88. The molecule has 1 fully saturated rings. The van der Waals surface area contributed by atoms with Crippen molar-refractivity contribution in [2.24, 2.45) is 11.7 Å². The van der Waals surface area contributed by atoms with Gasteiger partial charge in [-0.25, -0.2) is 4.39 Å². The highest BCUT2D eigenvalue weighted by molar-refractivity contribution is 5.35. The van der Waals surface area contributed by atoms with Crippen LogP contribution in [0.1, 0.15) is 38.3 Å². The predicted octanol–water partition coefficient (Wildman–Crippen LogP) is 2.65. The summed E-state index contributed by atoms with van der Waals surface area (Å²) in [5, 5.41) is 9.88. The lowest BCUT2D eigenvalue weighted by molar-refractivity contribution is 0.113. The van der Waals surface area contributed by atoms with E-state index in [1.807, 2.05) is 0 Å². The average Bonchev–Trinajstić information content (AvgIpc) is 2.38. The fraction of sp³-hybridized carbons (Fsp3) is 0.600. The van der Waals surface area contributed by atoms with Crippen LogP contribution in [0.4, 0.5) is 4.39 Å². The SMILES string of the molecule is CCC1CN(C(C)c2ccc(F)cc2O)CCC1N. The molecule has 3 nitrogen and oxygen atoms in total. The Bertz CT molecular complexity index is 438. The van der Waals surface area contributed by atoms with Gasteiger partial charge in [0.15, 0.2) is 0 Å². The van der Waals surface area contributed by atoms with Crippen LogP contribution >= 0.6 is 0 Å². The van der Waals surface area contributed by atoms with Crippen LogP contribution in [0, 0.1) is 11.7 Å². The number of piperidine rings is 1. The van der Waals surface area contributed by atoms with Gasteiger partial charge in [-0.05, 0) is 25.3 Å². The van der Waals surface area contributed by atoms with Crippen LogP contribution in [-0.4, -0.2) is 29.1 Å². The third-order valence-electron chi connectivity index (χ3n) is 4.34. The first-order valence-corrected chi connectivity index (χ1v) is 7.01. The van der Waals surface area contributed by atoms with E-state index >= 15 is 0 Å². The fourth-order valence-electron chi connectivity index (χ4n) is 2.93. The zero-order valence-corrected chi connectivity index (χ0v) is 11.6. The molecule has 1 aliphatic heterocycles. The molecule has 0 aromatic heterocycles. The Morgan fingerprint density at radius 3 is 2.89 bits per heavy atom. The number of benzene rings is 1. The minimum Gasteiger partial charge on any atom is -0.508 e. The molecule has 106 valence electrons. The van der Waals surface area contributed by atoms with E-state index in [1.54, 1.807) is 6.07 Å². The molecule has 2 rings (SSSR count). The van der Waals surface area contributed by atoms with Crippen molar-refractivity contribution in [2.45, 2.75) is 38.8 Å². The summed E-state index contributed by atoms with van der Waals surface area (Å²) in [6.45, 7) is 6.08. The van der Waals surface area contributed by atoms with Crippen LogP contribution < -0.4 is 5.73 Å². The molecule has 3 unspecified atom stereocenters. The van der Waals surface area contributed by atoms with Gasteiger partial charge in [0, 0.05) is 36.8 Å². The number of halogens is 1. The lowest BCUT2D eigenvalue weighted by Crippen LogP contribution is -2.47. The van der Waals surface area contributed by atoms with Crippen molar-refractivity contribution < 1.29 is 9.50 Å². The maximum atomic E-state index is 13.0. The summed E-state index contributed by atoms with van der Waals surface area (Å²) in [5.41, 5.74) is 6.90. The van der Waals surface area contributed by atoms with Crippen molar-refractivity contribution in [3.63, 3.8) is 0 Å². The van der Waals surface area contributed by atoms with E-state index < -0.39 is 5.82 Å². The summed E-state index contributed by atoms with van der Waals surface area (Å²) in [5.74, 6) is 0.134. The summed E-state index contributed by atoms with van der Waals surface area (Å²) in [7, 11) is 0. The molecule has 1 saturated heterocycles. The van der Waals surface area contributed by atoms with Gasteiger partial charge in [0.1, 0.15) is 11.6 Å². The van der Waals surface area contributed by atoms with Gasteiger partial charge in [-0.3, -0.25) is 4.90 Å². The second-order valence-electron chi connectivity index (χ2n) is 5.49. The lowest BCUT2D eigenvalue weighted by atomic mass is 9.89. The number of rotatable bonds is 3. The Kier molecular flexibility index (Phi) is 4.42. The van der Waals surface area contributed by atoms with Crippen molar-refractivity contribution in [1.82, 2.24) is 4.90 Å². The summed E-state index contributed by atoms with van der Waals surface area (Å²) in [6, 6.07) is 4.61. The average molecular weight is 266 g/mol. The molecular formula is C15H23FN2O. The molecule has 3 atom stereocenters. The number of aromatic hydroxyl groups is 1. The largest absolute Gasteiger partial charge is 0.508 e. The minimum atomic E-state index is -0.402. The summed E-state index contributed by atoms with van der Waals surface area (Å²) in [6.07, 6.45) is 2.05. The van der Waals surface area contributed by atoms with E-state index in [4.69, 9.17) is 5.73 Å². The molecule has 1 heterocycles. The molecule has 4 heteroatoms. The van der Waals surface area contributed by atoms with Crippen molar-refractivity contribution in [3.8, 4) is 5.75 Å². The van der Waals surface area contributed by atoms with Crippen LogP contribution in [0.2, 0.25) is 0 Å². The van der Waals surface area contributed by atoms with E-state index in [0.717, 1.165) is 31.5 Å². The fourth-order valence-corrected chi connectivity index (χ4v) is 2.93. The standard InChI is InChI=1S/C15H23FN2O/c1-3-11-9-18(7-6-14(11)17)10(2)13-5-4-12(16)8-15(13)19/h4-5,8,10-11,14,19H,3,6-7,9,17H2,1-2H3. The normalized spacial score (nSPS) is 26.3. The predicted molar refractivity (Wildman–Crippen MR) is 74.4 cm³/mol. The summed E-state index contributed by atoms with van der Waals surface area (Å²) >= 11 is 0. The van der Waals surface area contributed by atoms with E-state index in [1.165, 1.54) is 12.1 Å². The zero-order chi connectivity index (χ0) is 14.0. The van der Waals surface area contributed by atoms with Gasteiger partial charge >= 0.3 is 0 Å². The lowest BCUT2D eigenvalue weighted by Gasteiger charge is -2.40. The molecule has 1 aliphatic rings. The topological polar surface area (TPSA) is 49.5 Å². The van der Waals surface area contributed by atoms with Crippen LogP contribution in [0.15, 0.2) is 18.2 Å². The molecule has 0 amide bonds. The van der Waals surface area contributed by atoms with Gasteiger partial charge in [-0.1, -0.05) is 19.4 Å². The monoisotopic (exact) mass is 266 g/mol. The molecule has 0 radical (unpaired) electrons. The maximum Gasteiger partial charge on any atom is 0.126 e. The third kappa shape index (κ3) is 3.07. The first-order chi connectivity index (χ1) is 9.02. The summed E-state index contributed by atoms with van der Waals surface area (Å²) < 4.78 is 13.0. The number of nitrogens with two attached hydrogens (primary N) is 1. The summed E-state index contributed by atoms with van der Waals surface area (Å²) in [4.78, 5) is 2.32. The minimum absolute atomic E-state index is 0.0374. The van der Waals surface area contributed by atoms with E-state index in [2.05, 4.69) is 18.7 Å². The van der Waals surface area contributed by atoms with Crippen molar-refractivity contribution in [3.05, 3.63) is 29.6 Å². The second-order valence-corrected chi connectivity index (χ2v) is 5.49.